The minimum atomic E-state index is -0.768. The molecule has 1 unspecified atom stereocenters. The van der Waals surface area contributed by atoms with E-state index in [4.69, 9.17) is 21.1 Å². The molecule has 6 nitrogen and oxygen atoms in total. The normalized spacial score (nSPS) is 15.3. The maximum atomic E-state index is 12.6. The van der Waals surface area contributed by atoms with Gasteiger partial charge >= 0.3 is 11.9 Å². The van der Waals surface area contributed by atoms with Gasteiger partial charge in [0.25, 0.3) is 0 Å². The first-order chi connectivity index (χ1) is 13.2. The molecule has 148 valence electrons. The van der Waals surface area contributed by atoms with Gasteiger partial charge < -0.3 is 19.9 Å². The zero-order chi connectivity index (χ0) is 20.5. The van der Waals surface area contributed by atoms with Crippen LogP contribution < -0.4 is 10.1 Å². The molecule has 2 N–H and O–H groups in total. The second-order valence-corrected chi connectivity index (χ2v) is 8.05. The average Bonchev–Trinajstić information content (AvgIpc) is 2.68. The molecule has 1 heterocycles. The summed E-state index contributed by atoms with van der Waals surface area (Å²) in [4.78, 5) is 25.0. The molecule has 2 aromatic rings. The Labute approximate surface area is 168 Å². The van der Waals surface area contributed by atoms with E-state index in [0.29, 0.717) is 17.7 Å². The number of carbonyl (C=O) groups is 2. The molecular formula is C21H22ClNO5. The highest BCUT2D eigenvalue weighted by Crippen LogP contribution is 2.30. The molecule has 3 rings (SSSR count). The van der Waals surface area contributed by atoms with Crippen molar-refractivity contribution in [3.8, 4) is 5.75 Å². The molecule has 2 aromatic carbocycles. The standard InChI is InChI=1S/C21H22ClNO5/c1-21(2,3)23-10-16(24)12-7-8-17-13(9-12)11-27-19(25)14-5-4-6-15(22)18(14)20(26)28-17/h4-9,16,23-24H,10-11H2,1-3H3. The van der Waals surface area contributed by atoms with Gasteiger partial charge in [-0.05, 0) is 50.6 Å². The van der Waals surface area contributed by atoms with Crippen molar-refractivity contribution < 1.29 is 24.2 Å². The zero-order valence-electron chi connectivity index (χ0n) is 15.9. The molecule has 1 aliphatic rings. The van der Waals surface area contributed by atoms with Crippen LogP contribution in [0.1, 0.15) is 58.7 Å². The molecule has 0 spiro atoms. The van der Waals surface area contributed by atoms with Crippen molar-refractivity contribution in [2.45, 2.75) is 39.0 Å². The second kappa shape index (κ2) is 7.91. The smallest absolute Gasteiger partial charge is 0.345 e. The Morgan fingerprint density at radius 1 is 1.18 bits per heavy atom. The number of fused-ring (bicyclic) bond motifs is 2. The lowest BCUT2D eigenvalue weighted by atomic mass is 10.0. The van der Waals surface area contributed by atoms with Gasteiger partial charge in [0.05, 0.1) is 22.3 Å². The summed E-state index contributed by atoms with van der Waals surface area (Å²) in [5.41, 5.74) is 0.995. The number of nitrogens with one attached hydrogen (secondary N) is 1. The van der Waals surface area contributed by atoms with Gasteiger partial charge in [-0.15, -0.1) is 0 Å². The van der Waals surface area contributed by atoms with Crippen LogP contribution in [0.15, 0.2) is 36.4 Å². The average molecular weight is 404 g/mol. The second-order valence-electron chi connectivity index (χ2n) is 7.64. The molecule has 0 bridgehead atoms. The minimum Gasteiger partial charge on any atom is -0.457 e. The largest absolute Gasteiger partial charge is 0.457 e. The summed E-state index contributed by atoms with van der Waals surface area (Å²) < 4.78 is 10.8. The third-order valence-electron chi connectivity index (χ3n) is 4.29. The van der Waals surface area contributed by atoms with E-state index in [1.807, 2.05) is 20.8 Å². The number of ether oxygens (including phenoxy) is 2. The SMILES string of the molecule is CC(C)(C)NCC(O)c1ccc2c(c1)COC(=O)c1cccc(Cl)c1C(=O)O2. The molecule has 0 amide bonds. The van der Waals surface area contributed by atoms with Crippen LogP contribution in [0.5, 0.6) is 5.75 Å². The first-order valence-corrected chi connectivity index (χ1v) is 9.27. The summed E-state index contributed by atoms with van der Waals surface area (Å²) in [7, 11) is 0. The Morgan fingerprint density at radius 3 is 2.64 bits per heavy atom. The van der Waals surface area contributed by atoms with E-state index < -0.39 is 18.0 Å². The van der Waals surface area contributed by atoms with E-state index in [0.717, 1.165) is 0 Å². The minimum absolute atomic E-state index is 0.0273. The van der Waals surface area contributed by atoms with Crippen LogP contribution in [0.4, 0.5) is 0 Å². The van der Waals surface area contributed by atoms with Gasteiger partial charge in [-0.1, -0.05) is 23.7 Å². The molecule has 1 aliphatic heterocycles. The lowest BCUT2D eigenvalue weighted by molar-refractivity contribution is 0.0471. The fraction of sp³-hybridized carbons (Fsp3) is 0.333. The number of aliphatic hydroxyl groups excluding tert-OH is 1. The van der Waals surface area contributed by atoms with Crippen LogP contribution >= 0.6 is 11.6 Å². The van der Waals surface area contributed by atoms with E-state index in [2.05, 4.69) is 5.32 Å². The van der Waals surface area contributed by atoms with Crippen LogP contribution in [0.25, 0.3) is 0 Å². The van der Waals surface area contributed by atoms with E-state index in [1.165, 1.54) is 12.1 Å². The lowest BCUT2D eigenvalue weighted by Crippen LogP contribution is -2.38. The van der Waals surface area contributed by atoms with E-state index >= 15 is 0 Å². The summed E-state index contributed by atoms with van der Waals surface area (Å²) in [6.07, 6.45) is -0.768. The number of hydrogen-bond acceptors (Lipinski definition) is 6. The van der Waals surface area contributed by atoms with Crippen molar-refractivity contribution in [2.75, 3.05) is 6.54 Å². The van der Waals surface area contributed by atoms with Gasteiger partial charge in [0.2, 0.25) is 0 Å². The summed E-state index contributed by atoms with van der Waals surface area (Å²) >= 11 is 6.10. The van der Waals surface area contributed by atoms with Crippen LogP contribution in [0.3, 0.4) is 0 Å². The molecule has 0 aliphatic carbocycles. The summed E-state index contributed by atoms with van der Waals surface area (Å²) in [6, 6.07) is 9.47. The van der Waals surface area contributed by atoms with Gasteiger partial charge in [-0.3, -0.25) is 0 Å². The van der Waals surface area contributed by atoms with Gasteiger partial charge in [0.15, 0.2) is 0 Å². The van der Waals surface area contributed by atoms with Crippen molar-refractivity contribution in [3.63, 3.8) is 0 Å². The predicted molar refractivity (Wildman–Crippen MR) is 105 cm³/mol. The Bertz CT molecular complexity index is 919. The van der Waals surface area contributed by atoms with Crippen LogP contribution in [-0.2, 0) is 11.3 Å². The maximum Gasteiger partial charge on any atom is 0.345 e. The molecule has 0 radical (unpaired) electrons. The highest BCUT2D eigenvalue weighted by atomic mass is 35.5. The number of benzene rings is 2. The third-order valence-corrected chi connectivity index (χ3v) is 4.61. The summed E-state index contributed by atoms with van der Waals surface area (Å²) in [5, 5.41) is 13.8. The fourth-order valence-corrected chi connectivity index (χ4v) is 3.07. The van der Waals surface area contributed by atoms with E-state index in [9.17, 15) is 14.7 Å². The van der Waals surface area contributed by atoms with Crippen LogP contribution in [0, 0.1) is 0 Å². The Morgan fingerprint density at radius 2 is 1.93 bits per heavy atom. The van der Waals surface area contributed by atoms with Crippen molar-refractivity contribution in [1.82, 2.24) is 5.32 Å². The van der Waals surface area contributed by atoms with Gasteiger partial charge in [0.1, 0.15) is 12.4 Å². The highest BCUT2D eigenvalue weighted by Gasteiger charge is 2.26. The number of halogens is 1. The quantitative estimate of drug-likeness (QED) is 0.601. The first-order valence-electron chi connectivity index (χ1n) is 8.89. The molecule has 0 saturated carbocycles. The number of hydrogen-bond donors (Lipinski definition) is 2. The topological polar surface area (TPSA) is 84.9 Å². The summed E-state index contributed by atoms with van der Waals surface area (Å²) in [6.45, 7) is 6.27. The van der Waals surface area contributed by atoms with Crippen LogP contribution in [-0.4, -0.2) is 29.1 Å². The molecule has 0 fully saturated rings. The number of cyclic esters (lactones) is 1. The van der Waals surface area contributed by atoms with Crippen LogP contribution in [0.2, 0.25) is 5.02 Å². The molecule has 0 aromatic heterocycles. The summed E-state index contributed by atoms with van der Waals surface area (Å²) in [5.74, 6) is -1.14. The van der Waals surface area contributed by atoms with Crippen molar-refractivity contribution >= 4 is 23.5 Å². The Hall–Kier alpha value is -2.41. The molecule has 0 saturated heterocycles. The molecular weight excluding hydrogens is 382 g/mol. The first kappa shape index (κ1) is 20.3. The number of carbonyl (C=O) groups excluding carboxylic acids is 2. The lowest BCUT2D eigenvalue weighted by Gasteiger charge is -2.23. The van der Waals surface area contributed by atoms with Crippen molar-refractivity contribution in [1.29, 1.82) is 0 Å². The monoisotopic (exact) mass is 403 g/mol. The van der Waals surface area contributed by atoms with Crippen molar-refractivity contribution in [2.24, 2.45) is 0 Å². The molecule has 7 heteroatoms. The Kier molecular flexibility index (Phi) is 5.74. The number of β-amino-alcohol motifs (C(OH)–C–C–N with tert-alkyl or cyclic N) is 1. The number of aliphatic hydroxyl groups is 1. The fourth-order valence-electron chi connectivity index (χ4n) is 2.81. The van der Waals surface area contributed by atoms with E-state index in [-0.39, 0.29) is 34.0 Å². The van der Waals surface area contributed by atoms with Gasteiger partial charge in [-0.2, -0.15) is 0 Å². The number of esters is 2. The Balaban J connectivity index is 1.91. The highest BCUT2D eigenvalue weighted by molar-refractivity contribution is 6.34. The van der Waals surface area contributed by atoms with Crippen molar-refractivity contribution in [3.05, 3.63) is 63.7 Å². The predicted octanol–water partition coefficient (Wildman–Crippen LogP) is 3.65. The van der Waals surface area contributed by atoms with Gasteiger partial charge in [-0.25, -0.2) is 9.59 Å². The molecule has 28 heavy (non-hydrogen) atoms. The molecule has 1 atom stereocenters. The van der Waals surface area contributed by atoms with Gasteiger partial charge in [0, 0.05) is 17.6 Å². The maximum absolute atomic E-state index is 12.6. The third kappa shape index (κ3) is 4.52. The number of rotatable bonds is 3. The van der Waals surface area contributed by atoms with E-state index in [1.54, 1.807) is 24.3 Å². The zero-order valence-corrected chi connectivity index (χ0v) is 16.7.